The van der Waals surface area contributed by atoms with Crippen molar-refractivity contribution < 1.29 is 18.3 Å². The SMILES string of the molecule is COCCC(C)Nc1ccc(OC(F)F)cc1. The van der Waals surface area contributed by atoms with Crippen LogP contribution in [-0.2, 0) is 4.74 Å². The summed E-state index contributed by atoms with van der Waals surface area (Å²) in [6.45, 7) is -0.0713. The Morgan fingerprint density at radius 1 is 1.24 bits per heavy atom. The minimum atomic E-state index is -2.78. The normalized spacial score (nSPS) is 12.5. The van der Waals surface area contributed by atoms with Crippen LogP contribution in [0, 0.1) is 0 Å². The number of benzene rings is 1. The van der Waals surface area contributed by atoms with Crippen LogP contribution in [0.25, 0.3) is 0 Å². The van der Waals surface area contributed by atoms with Crippen LogP contribution >= 0.6 is 0 Å². The summed E-state index contributed by atoms with van der Waals surface area (Å²) in [5, 5.41) is 3.23. The van der Waals surface area contributed by atoms with Crippen molar-refractivity contribution in [2.75, 3.05) is 19.0 Å². The van der Waals surface area contributed by atoms with E-state index in [1.807, 2.05) is 6.92 Å². The summed E-state index contributed by atoms with van der Waals surface area (Å²) in [7, 11) is 1.66. The van der Waals surface area contributed by atoms with E-state index >= 15 is 0 Å². The minimum absolute atomic E-state index is 0.162. The number of halogens is 2. The van der Waals surface area contributed by atoms with Gasteiger partial charge in [0, 0.05) is 25.4 Å². The Morgan fingerprint density at radius 3 is 2.41 bits per heavy atom. The molecule has 1 atom stereocenters. The molecule has 17 heavy (non-hydrogen) atoms. The lowest BCUT2D eigenvalue weighted by Gasteiger charge is -2.15. The third-order valence-corrected chi connectivity index (χ3v) is 2.25. The molecule has 96 valence electrons. The molecule has 0 aliphatic heterocycles. The van der Waals surface area contributed by atoms with Crippen LogP contribution in [0.3, 0.4) is 0 Å². The Morgan fingerprint density at radius 2 is 1.88 bits per heavy atom. The van der Waals surface area contributed by atoms with Crippen molar-refractivity contribution in [2.45, 2.75) is 26.0 Å². The monoisotopic (exact) mass is 245 g/mol. The highest BCUT2D eigenvalue weighted by Crippen LogP contribution is 2.18. The smallest absolute Gasteiger partial charge is 0.387 e. The molecular formula is C12H17F2NO2. The molecular weight excluding hydrogens is 228 g/mol. The van der Waals surface area contributed by atoms with Crippen molar-refractivity contribution in [3.8, 4) is 5.75 Å². The zero-order valence-corrected chi connectivity index (χ0v) is 9.95. The zero-order chi connectivity index (χ0) is 12.7. The number of nitrogens with one attached hydrogen (secondary N) is 1. The van der Waals surface area contributed by atoms with Gasteiger partial charge in [-0.15, -0.1) is 0 Å². The van der Waals surface area contributed by atoms with E-state index in [-0.39, 0.29) is 11.8 Å². The highest BCUT2D eigenvalue weighted by atomic mass is 19.3. The van der Waals surface area contributed by atoms with E-state index in [0.29, 0.717) is 6.61 Å². The summed E-state index contributed by atoms with van der Waals surface area (Å²) in [6, 6.07) is 6.70. The highest BCUT2D eigenvalue weighted by Gasteiger charge is 2.05. The number of anilines is 1. The predicted molar refractivity (Wildman–Crippen MR) is 62.7 cm³/mol. The molecule has 0 amide bonds. The van der Waals surface area contributed by atoms with Crippen LogP contribution < -0.4 is 10.1 Å². The first-order valence-electron chi connectivity index (χ1n) is 5.42. The van der Waals surface area contributed by atoms with Gasteiger partial charge in [-0.3, -0.25) is 0 Å². The first kappa shape index (κ1) is 13.7. The topological polar surface area (TPSA) is 30.5 Å². The van der Waals surface area contributed by atoms with Crippen molar-refractivity contribution in [2.24, 2.45) is 0 Å². The number of methoxy groups -OCH3 is 1. The first-order valence-corrected chi connectivity index (χ1v) is 5.42. The minimum Gasteiger partial charge on any atom is -0.435 e. The van der Waals surface area contributed by atoms with Crippen molar-refractivity contribution in [3.05, 3.63) is 24.3 Å². The summed E-state index contributed by atoms with van der Waals surface area (Å²) < 4.78 is 33.1. The van der Waals surface area contributed by atoms with Crippen LogP contribution in [0.15, 0.2) is 24.3 Å². The molecule has 1 rings (SSSR count). The fourth-order valence-corrected chi connectivity index (χ4v) is 1.38. The van der Waals surface area contributed by atoms with Crippen molar-refractivity contribution in [1.29, 1.82) is 0 Å². The average Bonchev–Trinajstić information content (AvgIpc) is 2.28. The Bertz CT molecular complexity index is 317. The molecule has 0 aliphatic rings. The lowest BCUT2D eigenvalue weighted by atomic mass is 10.2. The fourth-order valence-electron chi connectivity index (χ4n) is 1.38. The lowest BCUT2D eigenvalue weighted by molar-refractivity contribution is -0.0498. The highest BCUT2D eigenvalue weighted by molar-refractivity contribution is 5.46. The van der Waals surface area contributed by atoms with Crippen LogP contribution in [0.4, 0.5) is 14.5 Å². The van der Waals surface area contributed by atoms with Gasteiger partial charge in [-0.2, -0.15) is 8.78 Å². The van der Waals surface area contributed by atoms with Gasteiger partial charge in [0.1, 0.15) is 5.75 Å². The number of hydrogen-bond donors (Lipinski definition) is 1. The van der Waals surface area contributed by atoms with Crippen LogP contribution in [0.5, 0.6) is 5.75 Å². The molecule has 1 unspecified atom stereocenters. The van der Waals surface area contributed by atoms with E-state index < -0.39 is 6.61 Å². The molecule has 0 fully saturated rings. The molecule has 0 heterocycles. The van der Waals surface area contributed by atoms with Crippen molar-refractivity contribution in [1.82, 2.24) is 0 Å². The molecule has 1 aromatic carbocycles. The lowest BCUT2D eigenvalue weighted by Crippen LogP contribution is -2.17. The van der Waals surface area contributed by atoms with Crippen LogP contribution in [-0.4, -0.2) is 26.4 Å². The Labute approximate surface area is 99.7 Å². The Hall–Kier alpha value is -1.36. The molecule has 0 aromatic heterocycles. The summed E-state index contributed by atoms with van der Waals surface area (Å²) >= 11 is 0. The van der Waals surface area contributed by atoms with E-state index in [1.54, 1.807) is 19.2 Å². The van der Waals surface area contributed by atoms with Gasteiger partial charge in [-0.05, 0) is 37.6 Å². The maximum absolute atomic E-state index is 11.9. The number of ether oxygens (including phenoxy) is 2. The van der Waals surface area contributed by atoms with Gasteiger partial charge in [0.05, 0.1) is 0 Å². The van der Waals surface area contributed by atoms with E-state index in [1.165, 1.54) is 12.1 Å². The standard InChI is InChI=1S/C12H17F2NO2/c1-9(7-8-16-2)15-10-3-5-11(6-4-10)17-12(13)14/h3-6,9,12,15H,7-8H2,1-2H3. The molecule has 0 saturated carbocycles. The van der Waals surface area contributed by atoms with E-state index in [0.717, 1.165) is 12.1 Å². The maximum Gasteiger partial charge on any atom is 0.387 e. The van der Waals surface area contributed by atoms with E-state index in [4.69, 9.17) is 4.74 Å². The second-order valence-corrected chi connectivity index (χ2v) is 3.73. The second-order valence-electron chi connectivity index (χ2n) is 3.73. The van der Waals surface area contributed by atoms with Crippen LogP contribution in [0.2, 0.25) is 0 Å². The van der Waals surface area contributed by atoms with E-state index in [2.05, 4.69) is 10.1 Å². The average molecular weight is 245 g/mol. The quantitative estimate of drug-likeness (QED) is 0.800. The zero-order valence-electron chi connectivity index (χ0n) is 9.95. The van der Waals surface area contributed by atoms with Gasteiger partial charge in [0.2, 0.25) is 0 Å². The molecule has 3 nitrogen and oxygen atoms in total. The molecule has 1 N–H and O–H groups in total. The number of hydrogen-bond acceptors (Lipinski definition) is 3. The fraction of sp³-hybridized carbons (Fsp3) is 0.500. The van der Waals surface area contributed by atoms with Gasteiger partial charge >= 0.3 is 6.61 Å². The molecule has 0 spiro atoms. The summed E-state index contributed by atoms with van der Waals surface area (Å²) in [4.78, 5) is 0. The third kappa shape index (κ3) is 5.49. The first-order chi connectivity index (χ1) is 8.11. The van der Waals surface area contributed by atoms with E-state index in [9.17, 15) is 8.78 Å². The van der Waals surface area contributed by atoms with Gasteiger partial charge in [0.25, 0.3) is 0 Å². The number of alkyl halides is 2. The Balaban J connectivity index is 2.44. The van der Waals surface area contributed by atoms with Crippen molar-refractivity contribution in [3.63, 3.8) is 0 Å². The molecule has 0 saturated heterocycles. The van der Waals surface area contributed by atoms with Crippen LogP contribution in [0.1, 0.15) is 13.3 Å². The predicted octanol–water partition coefficient (Wildman–Crippen LogP) is 3.12. The van der Waals surface area contributed by atoms with Gasteiger partial charge in [-0.25, -0.2) is 0 Å². The van der Waals surface area contributed by atoms with Gasteiger partial charge < -0.3 is 14.8 Å². The molecule has 5 heteroatoms. The largest absolute Gasteiger partial charge is 0.435 e. The Kier molecular flexibility index (Phi) is 5.69. The van der Waals surface area contributed by atoms with Gasteiger partial charge in [0.15, 0.2) is 0 Å². The molecule has 1 aromatic rings. The third-order valence-electron chi connectivity index (χ3n) is 2.25. The van der Waals surface area contributed by atoms with Crippen molar-refractivity contribution >= 4 is 5.69 Å². The second kappa shape index (κ2) is 7.06. The maximum atomic E-state index is 11.9. The summed E-state index contributed by atoms with van der Waals surface area (Å²) in [6.07, 6.45) is 0.881. The number of rotatable bonds is 7. The molecule has 0 bridgehead atoms. The summed E-state index contributed by atoms with van der Waals surface area (Å²) in [5.41, 5.74) is 0.871. The molecule has 0 radical (unpaired) electrons. The van der Waals surface area contributed by atoms with Gasteiger partial charge in [-0.1, -0.05) is 0 Å². The summed E-state index contributed by atoms with van der Waals surface area (Å²) in [5.74, 6) is 0.162. The molecule has 0 aliphatic carbocycles.